The van der Waals surface area contributed by atoms with Crippen LogP contribution in [0.3, 0.4) is 0 Å². The maximum Gasteiger partial charge on any atom is 0.353 e. The van der Waals surface area contributed by atoms with Gasteiger partial charge in [0.2, 0.25) is 0 Å². The summed E-state index contributed by atoms with van der Waals surface area (Å²) in [5.41, 5.74) is 2.57. The number of fused-ring (bicyclic) bond motifs is 1. The maximum absolute atomic E-state index is 11.5. The maximum atomic E-state index is 11.5. The Hall–Kier alpha value is -2.62. The average molecular weight is 238 g/mol. The Balaban J connectivity index is 2.35. The highest BCUT2D eigenvalue weighted by molar-refractivity contribution is 5.95. The summed E-state index contributed by atoms with van der Waals surface area (Å²) in [5, 5.41) is 9.39. The Morgan fingerprint density at radius 3 is 2.61 bits per heavy atom. The van der Waals surface area contributed by atoms with Crippen LogP contribution < -0.4 is 0 Å². The summed E-state index contributed by atoms with van der Waals surface area (Å²) in [6.07, 6.45) is 3.16. The lowest BCUT2D eigenvalue weighted by Gasteiger charge is -2.08. The van der Waals surface area contributed by atoms with Crippen LogP contribution in [-0.2, 0) is 0 Å². The highest BCUT2D eigenvalue weighted by atomic mass is 16.4. The van der Waals surface area contributed by atoms with Gasteiger partial charge in [0.05, 0.1) is 18.0 Å². The van der Waals surface area contributed by atoms with Gasteiger partial charge in [-0.1, -0.05) is 30.3 Å². The number of pyridine rings is 1. The van der Waals surface area contributed by atoms with Crippen LogP contribution in [0.15, 0.2) is 55.0 Å². The average Bonchev–Trinajstić information content (AvgIpc) is 2.86. The van der Waals surface area contributed by atoms with Gasteiger partial charge in [-0.3, -0.25) is 4.40 Å². The van der Waals surface area contributed by atoms with Gasteiger partial charge in [-0.15, -0.1) is 0 Å². The van der Waals surface area contributed by atoms with Crippen LogP contribution in [0, 0.1) is 0 Å². The Bertz CT molecular complexity index is 717. The quantitative estimate of drug-likeness (QED) is 0.746. The molecule has 4 heteroatoms. The summed E-state index contributed by atoms with van der Waals surface area (Å²) >= 11 is 0. The Kier molecular flexibility index (Phi) is 2.34. The van der Waals surface area contributed by atoms with Crippen LogP contribution in [0.2, 0.25) is 0 Å². The summed E-state index contributed by atoms with van der Waals surface area (Å²) in [6, 6.07) is 13.1. The van der Waals surface area contributed by atoms with E-state index in [9.17, 15) is 9.90 Å². The van der Waals surface area contributed by atoms with Crippen LogP contribution in [0.4, 0.5) is 0 Å². The van der Waals surface area contributed by atoms with Crippen molar-refractivity contribution in [3.05, 3.63) is 60.7 Å². The minimum Gasteiger partial charge on any atom is -0.477 e. The molecule has 0 saturated carbocycles. The second-order valence-corrected chi connectivity index (χ2v) is 3.96. The summed E-state index contributed by atoms with van der Waals surface area (Å²) in [5.74, 6) is -0.961. The number of rotatable bonds is 2. The molecule has 0 saturated heterocycles. The number of aromatic nitrogens is 2. The van der Waals surface area contributed by atoms with Crippen LogP contribution in [0.25, 0.3) is 16.6 Å². The van der Waals surface area contributed by atoms with Crippen molar-refractivity contribution in [3.63, 3.8) is 0 Å². The molecule has 2 aromatic heterocycles. The van der Waals surface area contributed by atoms with Gasteiger partial charge in [0.25, 0.3) is 0 Å². The first kappa shape index (κ1) is 10.5. The topological polar surface area (TPSA) is 54.6 Å². The molecule has 0 aliphatic heterocycles. The van der Waals surface area contributed by atoms with Crippen LogP contribution in [0.1, 0.15) is 10.5 Å². The summed E-state index contributed by atoms with van der Waals surface area (Å²) in [7, 11) is 0. The Morgan fingerprint density at radius 1 is 1.11 bits per heavy atom. The van der Waals surface area contributed by atoms with Crippen molar-refractivity contribution < 1.29 is 9.90 Å². The summed E-state index contributed by atoms with van der Waals surface area (Å²) in [4.78, 5) is 15.4. The zero-order chi connectivity index (χ0) is 12.5. The highest BCUT2D eigenvalue weighted by Gasteiger charge is 2.15. The number of nitrogens with zero attached hydrogens (tertiary/aromatic N) is 2. The van der Waals surface area contributed by atoms with Gasteiger partial charge >= 0.3 is 5.97 Å². The molecule has 3 aromatic rings. The van der Waals surface area contributed by atoms with E-state index in [0.29, 0.717) is 5.56 Å². The van der Waals surface area contributed by atoms with E-state index in [0.717, 1.165) is 11.1 Å². The van der Waals surface area contributed by atoms with Gasteiger partial charge in [-0.05, 0) is 17.7 Å². The van der Waals surface area contributed by atoms with Crippen molar-refractivity contribution in [2.45, 2.75) is 0 Å². The van der Waals surface area contributed by atoms with Gasteiger partial charge in [-0.25, -0.2) is 9.78 Å². The molecule has 2 heterocycles. The van der Waals surface area contributed by atoms with Crippen LogP contribution in [-0.4, -0.2) is 20.5 Å². The molecule has 1 N–H and O–H groups in total. The van der Waals surface area contributed by atoms with Crippen molar-refractivity contribution in [2.75, 3.05) is 0 Å². The first-order valence-corrected chi connectivity index (χ1v) is 5.51. The highest BCUT2D eigenvalue weighted by Crippen LogP contribution is 2.24. The van der Waals surface area contributed by atoms with Crippen LogP contribution in [0.5, 0.6) is 0 Å². The summed E-state index contributed by atoms with van der Waals surface area (Å²) < 4.78 is 1.59. The zero-order valence-corrected chi connectivity index (χ0v) is 9.45. The SMILES string of the molecule is O=C(O)c1c(-c2ccccc2)ccc2cncn12. The molecule has 0 spiro atoms. The lowest BCUT2D eigenvalue weighted by molar-refractivity contribution is 0.0690. The fraction of sp³-hybridized carbons (Fsp3) is 0. The van der Waals surface area contributed by atoms with Crippen molar-refractivity contribution in [2.24, 2.45) is 0 Å². The number of benzene rings is 1. The molecule has 1 aromatic carbocycles. The van der Waals surface area contributed by atoms with Crippen molar-refractivity contribution in [1.82, 2.24) is 9.38 Å². The monoisotopic (exact) mass is 238 g/mol. The second kappa shape index (κ2) is 4.00. The minimum absolute atomic E-state index is 0.233. The second-order valence-electron chi connectivity index (χ2n) is 3.96. The van der Waals surface area contributed by atoms with Gasteiger partial charge < -0.3 is 5.11 Å². The van der Waals surface area contributed by atoms with Crippen LogP contribution >= 0.6 is 0 Å². The van der Waals surface area contributed by atoms with Crippen molar-refractivity contribution in [1.29, 1.82) is 0 Å². The van der Waals surface area contributed by atoms with Crippen molar-refractivity contribution >= 4 is 11.5 Å². The molecule has 0 amide bonds. The molecule has 88 valence electrons. The first-order valence-electron chi connectivity index (χ1n) is 5.51. The molecule has 0 aliphatic rings. The van der Waals surface area contributed by atoms with Gasteiger partial charge in [0, 0.05) is 5.56 Å². The number of hydrogen-bond donors (Lipinski definition) is 1. The van der Waals surface area contributed by atoms with E-state index in [2.05, 4.69) is 4.98 Å². The fourth-order valence-electron chi connectivity index (χ4n) is 2.06. The van der Waals surface area contributed by atoms with E-state index in [1.165, 1.54) is 6.33 Å². The number of aromatic carboxylic acids is 1. The predicted molar refractivity (Wildman–Crippen MR) is 67.6 cm³/mol. The number of carboxylic acid groups (broad SMARTS) is 1. The molecule has 18 heavy (non-hydrogen) atoms. The molecule has 0 bridgehead atoms. The predicted octanol–water partition coefficient (Wildman–Crippen LogP) is 2.70. The lowest BCUT2D eigenvalue weighted by atomic mass is 10.0. The van der Waals surface area contributed by atoms with Gasteiger partial charge in [-0.2, -0.15) is 0 Å². The Labute approximate surface area is 103 Å². The third kappa shape index (κ3) is 1.55. The third-order valence-electron chi connectivity index (χ3n) is 2.87. The fourth-order valence-corrected chi connectivity index (χ4v) is 2.06. The zero-order valence-electron chi connectivity index (χ0n) is 9.45. The third-order valence-corrected chi connectivity index (χ3v) is 2.87. The molecular formula is C14H10N2O2. The smallest absolute Gasteiger partial charge is 0.353 e. The molecular weight excluding hydrogens is 228 g/mol. The number of imidazole rings is 1. The standard InChI is InChI=1S/C14H10N2O2/c17-14(18)13-12(10-4-2-1-3-5-10)7-6-11-8-15-9-16(11)13/h1-9H,(H,17,18). The number of carbonyl (C=O) groups is 1. The first-order chi connectivity index (χ1) is 8.77. The Morgan fingerprint density at radius 2 is 1.89 bits per heavy atom. The summed E-state index contributed by atoms with van der Waals surface area (Å²) in [6.45, 7) is 0. The van der Waals surface area contributed by atoms with E-state index in [-0.39, 0.29) is 5.69 Å². The molecule has 0 fully saturated rings. The molecule has 3 rings (SSSR count). The van der Waals surface area contributed by atoms with Gasteiger partial charge in [0.1, 0.15) is 5.69 Å². The number of carboxylic acids is 1. The lowest BCUT2D eigenvalue weighted by Crippen LogP contribution is -2.06. The molecule has 0 unspecified atom stereocenters. The van der Waals surface area contributed by atoms with Gasteiger partial charge in [0.15, 0.2) is 0 Å². The van der Waals surface area contributed by atoms with E-state index >= 15 is 0 Å². The largest absolute Gasteiger partial charge is 0.477 e. The van der Waals surface area contributed by atoms with E-state index in [1.54, 1.807) is 10.6 Å². The van der Waals surface area contributed by atoms with Crippen molar-refractivity contribution in [3.8, 4) is 11.1 Å². The minimum atomic E-state index is -0.961. The number of hydrogen-bond acceptors (Lipinski definition) is 2. The van der Waals surface area contributed by atoms with E-state index in [4.69, 9.17) is 0 Å². The molecule has 0 radical (unpaired) electrons. The molecule has 0 atom stereocenters. The van der Waals surface area contributed by atoms with E-state index < -0.39 is 5.97 Å². The normalized spacial score (nSPS) is 10.7. The van der Waals surface area contributed by atoms with E-state index in [1.807, 2.05) is 42.5 Å². The molecule has 4 nitrogen and oxygen atoms in total. The molecule has 0 aliphatic carbocycles.